The number of hydrogen-bond donors (Lipinski definition) is 2. The Balaban J connectivity index is 2.70. The van der Waals surface area contributed by atoms with E-state index >= 15 is 0 Å². The van der Waals surface area contributed by atoms with Gasteiger partial charge < -0.3 is 18.9 Å². The number of carbonyl (C=O) groups excluding carboxylic acids is 1. The normalized spacial score (nSPS) is 13.6. The van der Waals surface area contributed by atoms with Crippen molar-refractivity contribution in [3.05, 3.63) is 11.1 Å². The molecule has 1 unspecified atom stereocenters. The molecule has 1 aromatic rings. The number of nitrogens with one attached hydrogen (secondary N) is 1. The van der Waals surface area contributed by atoms with E-state index in [0.717, 1.165) is 11.3 Å². The lowest BCUT2D eigenvalue weighted by Crippen LogP contribution is -2.27. The lowest BCUT2D eigenvalue weighted by molar-refractivity contribution is 0.0635. The maximum absolute atomic E-state index is 12.4. The highest BCUT2D eigenvalue weighted by Gasteiger charge is 2.29. The standard InChI is InChI=1S/C14H25N2O6PS/c1-6-20-23(19,21-7-2)8-11(17)10-9-24-12(15-10)16-13(18)22-14(3,4)5/h9,11,17H,6-8H2,1-5H3,(H,15,16,18). The van der Waals surface area contributed by atoms with E-state index in [0.29, 0.717) is 0 Å². The summed E-state index contributed by atoms with van der Waals surface area (Å²) in [6.45, 7) is 9.08. The van der Waals surface area contributed by atoms with Gasteiger partial charge in [-0.2, -0.15) is 0 Å². The summed E-state index contributed by atoms with van der Waals surface area (Å²) in [4.78, 5) is 15.8. The predicted molar refractivity (Wildman–Crippen MR) is 92.7 cm³/mol. The maximum Gasteiger partial charge on any atom is 0.413 e. The summed E-state index contributed by atoms with van der Waals surface area (Å²) in [5, 5.41) is 14.5. The minimum atomic E-state index is -3.38. The molecular weight excluding hydrogens is 355 g/mol. The predicted octanol–water partition coefficient (Wildman–Crippen LogP) is 3.79. The van der Waals surface area contributed by atoms with Gasteiger partial charge in [-0.05, 0) is 34.6 Å². The van der Waals surface area contributed by atoms with Gasteiger partial charge in [0, 0.05) is 5.38 Å². The fraction of sp³-hybridized carbons (Fsp3) is 0.714. The molecule has 1 heterocycles. The number of amides is 1. The van der Waals surface area contributed by atoms with Gasteiger partial charge in [0.1, 0.15) is 11.7 Å². The first kappa shape index (κ1) is 21.1. The molecular formula is C14H25N2O6PS. The molecule has 1 aromatic heterocycles. The molecule has 0 radical (unpaired) electrons. The Labute approximate surface area is 146 Å². The van der Waals surface area contributed by atoms with Gasteiger partial charge in [0.15, 0.2) is 5.13 Å². The van der Waals surface area contributed by atoms with Crippen LogP contribution < -0.4 is 5.32 Å². The molecule has 24 heavy (non-hydrogen) atoms. The summed E-state index contributed by atoms with van der Waals surface area (Å²) in [5.74, 6) is 0. The smallest absolute Gasteiger partial charge is 0.413 e. The van der Waals surface area contributed by atoms with Crippen molar-refractivity contribution in [3.8, 4) is 0 Å². The molecule has 0 spiro atoms. The molecule has 138 valence electrons. The van der Waals surface area contributed by atoms with Crippen LogP contribution in [0.25, 0.3) is 0 Å². The first-order valence-corrected chi connectivity index (χ1v) is 10.2. The van der Waals surface area contributed by atoms with Crippen molar-refractivity contribution in [3.63, 3.8) is 0 Å². The minimum Gasteiger partial charge on any atom is -0.444 e. The summed E-state index contributed by atoms with van der Waals surface area (Å²) in [7, 11) is -3.38. The van der Waals surface area contributed by atoms with Gasteiger partial charge >= 0.3 is 13.7 Å². The van der Waals surface area contributed by atoms with Gasteiger partial charge in [0.2, 0.25) is 0 Å². The van der Waals surface area contributed by atoms with Crippen LogP contribution in [0.15, 0.2) is 5.38 Å². The Bertz CT molecular complexity index is 576. The lowest BCUT2D eigenvalue weighted by atomic mass is 10.2. The second kappa shape index (κ2) is 8.92. The zero-order valence-electron chi connectivity index (χ0n) is 14.6. The number of aromatic nitrogens is 1. The topological polar surface area (TPSA) is 107 Å². The van der Waals surface area contributed by atoms with Crippen LogP contribution in [0.1, 0.15) is 46.4 Å². The summed E-state index contributed by atoms with van der Waals surface area (Å²) >= 11 is 1.13. The van der Waals surface area contributed by atoms with E-state index in [9.17, 15) is 14.5 Å². The van der Waals surface area contributed by atoms with Crippen molar-refractivity contribution in [2.75, 3.05) is 24.7 Å². The van der Waals surface area contributed by atoms with Crippen molar-refractivity contribution in [1.29, 1.82) is 0 Å². The molecule has 0 aliphatic heterocycles. The molecule has 1 atom stereocenters. The van der Waals surface area contributed by atoms with Crippen LogP contribution in [-0.4, -0.2) is 41.2 Å². The Kier molecular flexibility index (Phi) is 7.82. The molecule has 0 saturated heterocycles. The lowest BCUT2D eigenvalue weighted by Gasteiger charge is -2.19. The Hall–Kier alpha value is -0.990. The number of carbonyl (C=O) groups is 1. The quantitative estimate of drug-likeness (QED) is 0.661. The molecule has 1 amide bonds. The summed E-state index contributed by atoms with van der Waals surface area (Å²) < 4.78 is 27.8. The molecule has 2 N–H and O–H groups in total. The molecule has 0 aromatic carbocycles. The van der Waals surface area contributed by atoms with Crippen LogP contribution in [0.2, 0.25) is 0 Å². The molecule has 10 heteroatoms. The number of thiazole rings is 1. The van der Waals surface area contributed by atoms with E-state index in [1.807, 2.05) is 0 Å². The van der Waals surface area contributed by atoms with Crippen molar-refractivity contribution in [2.24, 2.45) is 0 Å². The van der Waals surface area contributed by atoms with E-state index in [-0.39, 0.29) is 30.2 Å². The number of ether oxygens (including phenoxy) is 1. The monoisotopic (exact) mass is 380 g/mol. The molecule has 0 bridgehead atoms. The number of anilines is 1. The van der Waals surface area contributed by atoms with Crippen molar-refractivity contribution in [2.45, 2.75) is 46.3 Å². The SMILES string of the molecule is CCOP(=O)(CC(O)c1csc(NC(=O)OC(C)(C)C)n1)OCC. The third kappa shape index (κ3) is 7.27. The first-order chi connectivity index (χ1) is 11.1. The Morgan fingerprint density at radius 2 is 1.96 bits per heavy atom. The van der Waals surface area contributed by atoms with Crippen LogP contribution in [-0.2, 0) is 18.3 Å². The zero-order valence-corrected chi connectivity index (χ0v) is 16.3. The van der Waals surface area contributed by atoms with Gasteiger partial charge in [-0.25, -0.2) is 9.78 Å². The third-order valence-corrected chi connectivity index (χ3v) is 5.39. The average Bonchev–Trinajstić information content (AvgIpc) is 2.85. The van der Waals surface area contributed by atoms with Crippen molar-refractivity contribution < 1.29 is 28.3 Å². The fourth-order valence-corrected chi connectivity index (χ4v) is 4.15. The third-order valence-electron chi connectivity index (χ3n) is 2.52. The van der Waals surface area contributed by atoms with Gasteiger partial charge in [0.25, 0.3) is 0 Å². The molecule has 0 aliphatic rings. The van der Waals surface area contributed by atoms with E-state index in [1.165, 1.54) is 0 Å². The van der Waals surface area contributed by atoms with Crippen LogP contribution in [0.5, 0.6) is 0 Å². The molecule has 0 fully saturated rings. The number of hydrogen-bond acceptors (Lipinski definition) is 8. The van der Waals surface area contributed by atoms with Crippen molar-refractivity contribution >= 4 is 30.2 Å². The highest BCUT2D eigenvalue weighted by atomic mass is 32.1. The highest BCUT2D eigenvalue weighted by Crippen LogP contribution is 2.50. The van der Waals surface area contributed by atoms with Gasteiger partial charge in [-0.3, -0.25) is 9.88 Å². The van der Waals surface area contributed by atoms with Crippen LogP contribution in [0.4, 0.5) is 9.93 Å². The van der Waals surface area contributed by atoms with Crippen LogP contribution in [0.3, 0.4) is 0 Å². The fourth-order valence-electron chi connectivity index (χ4n) is 1.73. The summed E-state index contributed by atoms with van der Waals surface area (Å²) in [6, 6.07) is 0. The van der Waals surface area contributed by atoms with E-state index in [2.05, 4.69) is 10.3 Å². The minimum absolute atomic E-state index is 0.204. The van der Waals surface area contributed by atoms with Crippen LogP contribution in [0, 0.1) is 0 Å². The molecule has 0 aliphatic carbocycles. The van der Waals surface area contributed by atoms with Gasteiger partial charge in [-0.15, -0.1) is 11.3 Å². The summed E-state index contributed by atoms with van der Waals surface area (Å²) in [6.07, 6.45) is -1.96. The summed E-state index contributed by atoms with van der Waals surface area (Å²) in [5.41, 5.74) is -0.337. The van der Waals surface area contributed by atoms with E-state index in [4.69, 9.17) is 13.8 Å². The number of rotatable bonds is 8. The molecule has 8 nitrogen and oxygen atoms in total. The van der Waals surface area contributed by atoms with Gasteiger partial charge in [0.05, 0.1) is 25.1 Å². The van der Waals surface area contributed by atoms with E-state index in [1.54, 1.807) is 40.0 Å². The number of aliphatic hydroxyl groups excluding tert-OH is 1. The largest absolute Gasteiger partial charge is 0.444 e. The Morgan fingerprint density at radius 3 is 2.46 bits per heavy atom. The van der Waals surface area contributed by atoms with Crippen molar-refractivity contribution in [1.82, 2.24) is 4.98 Å². The second-order valence-electron chi connectivity index (χ2n) is 5.85. The number of aliphatic hydroxyl groups is 1. The molecule has 0 saturated carbocycles. The van der Waals surface area contributed by atoms with Crippen LogP contribution >= 0.6 is 18.9 Å². The van der Waals surface area contributed by atoms with Gasteiger partial charge in [-0.1, -0.05) is 0 Å². The zero-order chi connectivity index (χ0) is 18.4. The average molecular weight is 380 g/mol. The second-order valence-corrected chi connectivity index (χ2v) is 8.81. The molecule has 1 rings (SSSR count). The highest BCUT2D eigenvalue weighted by molar-refractivity contribution is 7.53. The number of nitrogens with zero attached hydrogens (tertiary/aromatic N) is 1. The van der Waals surface area contributed by atoms with E-state index < -0.39 is 25.4 Å². The first-order valence-electron chi connectivity index (χ1n) is 7.60. The maximum atomic E-state index is 12.4. The Morgan fingerprint density at radius 1 is 1.38 bits per heavy atom.